The number of halogens is 2. The number of benzene rings is 1. The fourth-order valence-corrected chi connectivity index (χ4v) is 1.69. The second-order valence-corrected chi connectivity index (χ2v) is 4.05. The lowest BCUT2D eigenvalue weighted by molar-refractivity contribution is 0.533. The van der Waals surface area contributed by atoms with Crippen LogP contribution in [0.3, 0.4) is 0 Å². The second kappa shape index (κ2) is 5.29. The Labute approximate surface area is 95.0 Å². The quantitative estimate of drug-likeness (QED) is 0.774. The van der Waals surface area contributed by atoms with Gasteiger partial charge in [-0.15, -0.1) is 6.58 Å². The molecule has 1 atom stereocenters. The lowest BCUT2D eigenvalue weighted by Gasteiger charge is -2.17. The zero-order chi connectivity index (χ0) is 11.4. The van der Waals surface area contributed by atoms with Gasteiger partial charge in [-0.25, -0.2) is 4.39 Å². The minimum absolute atomic E-state index is 0.0683. The largest absolute Gasteiger partial charge is 0.313 e. The topological polar surface area (TPSA) is 12.0 Å². The molecule has 3 heteroatoms. The van der Waals surface area contributed by atoms with Gasteiger partial charge in [0.05, 0.1) is 5.02 Å². The Kier molecular flexibility index (Phi) is 4.30. The zero-order valence-electron chi connectivity index (χ0n) is 8.98. The molecule has 0 fully saturated rings. The molecule has 15 heavy (non-hydrogen) atoms. The van der Waals surface area contributed by atoms with E-state index in [1.165, 1.54) is 0 Å². The summed E-state index contributed by atoms with van der Waals surface area (Å²) in [7, 11) is 1.80. The number of rotatable bonds is 4. The summed E-state index contributed by atoms with van der Waals surface area (Å²) in [6.45, 7) is 5.75. The highest BCUT2D eigenvalue weighted by atomic mass is 35.5. The van der Waals surface area contributed by atoms with Crippen molar-refractivity contribution in [2.24, 2.45) is 0 Å². The normalized spacial score (nSPS) is 12.5. The molecule has 0 radical (unpaired) electrons. The van der Waals surface area contributed by atoms with E-state index >= 15 is 0 Å². The third kappa shape index (κ3) is 3.05. The van der Waals surface area contributed by atoms with Gasteiger partial charge in [-0.05, 0) is 26.5 Å². The van der Waals surface area contributed by atoms with Crippen LogP contribution in [0.25, 0.3) is 0 Å². The SMILES string of the molecule is C=C(C)CC(NC)c1cccc(Cl)c1F. The maximum Gasteiger partial charge on any atom is 0.146 e. The summed E-state index contributed by atoms with van der Waals surface area (Å²) < 4.78 is 13.7. The van der Waals surface area contributed by atoms with Crippen molar-refractivity contribution in [1.29, 1.82) is 0 Å². The van der Waals surface area contributed by atoms with Crippen LogP contribution < -0.4 is 5.32 Å². The summed E-state index contributed by atoms with van der Waals surface area (Å²) in [6, 6.07) is 4.98. The Balaban J connectivity index is 3.01. The molecule has 0 spiro atoms. The molecule has 0 aromatic heterocycles. The van der Waals surface area contributed by atoms with Crippen LogP contribution in [0.2, 0.25) is 5.02 Å². The molecular weight excluding hydrogens is 213 g/mol. The molecule has 1 aromatic rings. The van der Waals surface area contributed by atoms with Gasteiger partial charge in [0.2, 0.25) is 0 Å². The smallest absolute Gasteiger partial charge is 0.146 e. The lowest BCUT2D eigenvalue weighted by Crippen LogP contribution is -2.18. The Morgan fingerprint density at radius 1 is 1.60 bits per heavy atom. The first-order chi connectivity index (χ1) is 7.06. The minimum atomic E-state index is -0.347. The van der Waals surface area contributed by atoms with Crippen molar-refractivity contribution >= 4 is 11.6 Å². The van der Waals surface area contributed by atoms with E-state index in [-0.39, 0.29) is 16.9 Å². The average Bonchev–Trinajstić information content (AvgIpc) is 2.19. The third-order valence-electron chi connectivity index (χ3n) is 2.26. The van der Waals surface area contributed by atoms with E-state index in [9.17, 15) is 4.39 Å². The molecule has 0 aliphatic carbocycles. The van der Waals surface area contributed by atoms with Crippen molar-refractivity contribution in [3.8, 4) is 0 Å². The van der Waals surface area contributed by atoms with Crippen molar-refractivity contribution in [3.05, 3.63) is 46.8 Å². The lowest BCUT2D eigenvalue weighted by atomic mass is 10.00. The summed E-state index contributed by atoms with van der Waals surface area (Å²) >= 11 is 5.73. The first-order valence-corrected chi connectivity index (χ1v) is 5.19. The second-order valence-electron chi connectivity index (χ2n) is 3.65. The fraction of sp³-hybridized carbons (Fsp3) is 0.333. The summed E-state index contributed by atoms with van der Waals surface area (Å²) in [5, 5.41) is 3.22. The molecule has 0 aliphatic heterocycles. The van der Waals surface area contributed by atoms with E-state index < -0.39 is 0 Å². The predicted octanol–water partition coefficient (Wildman–Crippen LogP) is 3.71. The Morgan fingerprint density at radius 3 is 2.80 bits per heavy atom. The van der Waals surface area contributed by atoms with Gasteiger partial charge in [-0.3, -0.25) is 0 Å². The Bertz CT molecular complexity index is 363. The first-order valence-electron chi connectivity index (χ1n) is 4.81. The van der Waals surface area contributed by atoms with Crippen LogP contribution >= 0.6 is 11.6 Å². The molecule has 0 bridgehead atoms. The van der Waals surface area contributed by atoms with Crippen LogP contribution in [0, 0.1) is 5.82 Å². The molecule has 1 N–H and O–H groups in total. The van der Waals surface area contributed by atoms with E-state index in [1.54, 1.807) is 25.2 Å². The molecule has 1 nitrogen and oxygen atoms in total. The number of hydrogen-bond donors (Lipinski definition) is 1. The zero-order valence-corrected chi connectivity index (χ0v) is 9.74. The molecule has 82 valence electrons. The van der Waals surface area contributed by atoms with Gasteiger partial charge in [-0.1, -0.05) is 29.3 Å². The van der Waals surface area contributed by atoms with Crippen molar-refractivity contribution < 1.29 is 4.39 Å². The fourth-order valence-electron chi connectivity index (χ4n) is 1.51. The Morgan fingerprint density at radius 2 is 2.27 bits per heavy atom. The van der Waals surface area contributed by atoms with Gasteiger partial charge < -0.3 is 5.32 Å². The van der Waals surface area contributed by atoms with Crippen molar-refractivity contribution in [2.75, 3.05) is 7.05 Å². The monoisotopic (exact) mass is 227 g/mol. The van der Waals surface area contributed by atoms with E-state index in [2.05, 4.69) is 11.9 Å². The van der Waals surface area contributed by atoms with Crippen LogP contribution in [0.1, 0.15) is 24.9 Å². The van der Waals surface area contributed by atoms with Crippen molar-refractivity contribution in [2.45, 2.75) is 19.4 Å². The highest BCUT2D eigenvalue weighted by Crippen LogP contribution is 2.26. The van der Waals surface area contributed by atoms with E-state index in [0.29, 0.717) is 12.0 Å². The van der Waals surface area contributed by atoms with Gasteiger partial charge >= 0.3 is 0 Å². The molecule has 1 unspecified atom stereocenters. The molecule has 0 amide bonds. The van der Waals surface area contributed by atoms with Gasteiger partial charge in [0.1, 0.15) is 5.82 Å². The summed E-state index contributed by atoms with van der Waals surface area (Å²) in [5.41, 5.74) is 1.60. The number of nitrogens with one attached hydrogen (secondary N) is 1. The van der Waals surface area contributed by atoms with Gasteiger partial charge in [0, 0.05) is 11.6 Å². The average molecular weight is 228 g/mol. The molecule has 1 rings (SSSR count). The van der Waals surface area contributed by atoms with E-state index in [4.69, 9.17) is 11.6 Å². The summed E-state index contributed by atoms with van der Waals surface area (Å²) in [6.07, 6.45) is 0.702. The Hall–Kier alpha value is -0.860. The van der Waals surface area contributed by atoms with Crippen molar-refractivity contribution in [1.82, 2.24) is 5.32 Å². The molecule has 0 heterocycles. The summed E-state index contributed by atoms with van der Waals surface area (Å²) in [4.78, 5) is 0. The van der Waals surface area contributed by atoms with E-state index in [1.807, 2.05) is 6.92 Å². The molecular formula is C12H15ClFN. The van der Waals surface area contributed by atoms with E-state index in [0.717, 1.165) is 5.57 Å². The molecule has 0 aliphatic rings. The maximum atomic E-state index is 13.7. The van der Waals surface area contributed by atoms with Crippen LogP contribution in [0.15, 0.2) is 30.4 Å². The van der Waals surface area contributed by atoms with Crippen LogP contribution in [0.5, 0.6) is 0 Å². The van der Waals surface area contributed by atoms with Crippen LogP contribution in [-0.4, -0.2) is 7.05 Å². The third-order valence-corrected chi connectivity index (χ3v) is 2.55. The van der Waals surface area contributed by atoms with Gasteiger partial charge in [0.25, 0.3) is 0 Å². The predicted molar refractivity (Wildman–Crippen MR) is 62.6 cm³/mol. The van der Waals surface area contributed by atoms with Crippen molar-refractivity contribution in [3.63, 3.8) is 0 Å². The maximum absolute atomic E-state index is 13.7. The molecule has 1 aromatic carbocycles. The summed E-state index contributed by atoms with van der Waals surface area (Å²) in [5.74, 6) is -0.347. The van der Waals surface area contributed by atoms with Gasteiger partial charge in [0.15, 0.2) is 0 Å². The molecule has 0 saturated heterocycles. The first kappa shape index (κ1) is 12.2. The highest BCUT2D eigenvalue weighted by Gasteiger charge is 2.15. The molecule has 0 saturated carbocycles. The van der Waals surface area contributed by atoms with Gasteiger partial charge in [-0.2, -0.15) is 0 Å². The highest BCUT2D eigenvalue weighted by molar-refractivity contribution is 6.30. The number of hydrogen-bond acceptors (Lipinski definition) is 1. The van der Waals surface area contributed by atoms with Crippen LogP contribution in [0.4, 0.5) is 4.39 Å². The standard InChI is InChI=1S/C12H15ClFN/c1-8(2)7-11(15-3)9-5-4-6-10(13)12(9)14/h4-6,11,15H,1,7H2,2-3H3. The van der Waals surface area contributed by atoms with Crippen LogP contribution in [-0.2, 0) is 0 Å². The minimum Gasteiger partial charge on any atom is -0.313 e.